The summed E-state index contributed by atoms with van der Waals surface area (Å²) in [6.07, 6.45) is 12.7. The van der Waals surface area contributed by atoms with Crippen LogP contribution in [0.2, 0.25) is 0 Å². The van der Waals surface area contributed by atoms with Gasteiger partial charge in [-0.3, -0.25) is 0 Å². The van der Waals surface area contributed by atoms with Crippen molar-refractivity contribution >= 4 is 0 Å². The Kier molecular flexibility index (Phi) is 8.20. The number of hydrogen-bond acceptors (Lipinski definition) is 9. The Balaban J connectivity index is 1.28. The molecule has 0 bridgehead atoms. The molecule has 0 spiro atoms. The number of ether oxygens (including phenoxy) is 3. The Morgan fingerprint density at radius 1 is 0.455 bits per heavy atom. The summed E-state index contributed by atoms with van der Waals surface area (Å²) in [5.41, 5.74) is 0. The van der Waals surface area contributed by atoms with Gasteiger partial charge in [-0.1, -0.05) is 0 Å². The second-order valence-corrected chi connectivity index (χ2v) is 7.35. The van der Waals surface area contributed by atoms with Crippen LogP contribution in [0, 0.1) is 0 Å². The van der Waals surface area contributed by atoms with Crippen molar-refractivity contribution in [3.63, 3.8) is 0 Å². The van der Waals surface area contributed by atoms with Crippen molar-refractivity contribution in [1.82, 2.24) is 44.3 Å². The van der Waals surface area contributed by atoms with Crippen LogP contribution < -0.4 is 14.2 Å². The molecule has 1 aromatic carbocycles. The fraction of sp³-hybridized carbons (Fsp3) is 0.429. The lowest BCUT2D eigenvalue weighted by Crippen LogP contribution is -2.06. The molecule has 0 unspecified atom stereocenters. The molecule has 0 radical (unpaired) electrons. The molecule has 0 saturated heterocycles. The first-order chi connectivity index (χ1) is 16.3. The van der Waals surface area contributed by atoms with E-state index in [0.717, 1.165) is 38.9 Å². The molecule has 0 atom stereocenters. The van der Waals surface area contributed by atoms with E-state index in [2.05, 4.69) is 30.6 Å². The minimum absolute atomic E-state index is 0.558. The summed E-state index contributed by atoms with van der Waals surface area (Å²) in [6.45, 7) is 4.04. The maximum Gasteiger partial charge on any atom is 0.126 e. The molecule has 0 aliphatic carbocycles. The summed E-state index contributed by atoms with van der Waals surface area (Å²) >= 11 is 0. The number of aryl methyl sites for hydroxylation is 3. The highest BCUT2D eigenvalue weighted by molar-refractivity contribution is 5.42. The van der Waals surface area contributed by atoms with Crippen molar-refractivity contribution in [2.45, 2.75) is 38.9 Å². The third-order valence-electron chi connectivity index (χ3n) is 4.74. The Morgan fingerprint density at radius 2 is 0.727 bits per heavy atom. The second kappa shape index (κ2) is 12.2. The van der Waals surface area contributed by atoms with Crippen LogP contribution in [0.15, 0.2) is 56.2 Å². The maximum atomic E-state index is 5.96. The molecule has 4 aromatic rings. The summed E-state index contributed by atoms with van der Waals surface area (Å²) in [4.78, 5) is 0. The highest BCUT2D eigenvalue weighted by Gasteiger charge is 2.06. The summed E-state index contributed by atoms with van der Waals surface area (Å²) in [5, 5.41) is 22.8. The smallest absolute Gasteiger partial charge is 0.126 e. The van der Waals surface area contributed by atoms with Gasteiger partial charge in [-0.05, 0) is 19.3 Å². The molecule has 174 valence electrons. The quantitative estimate of drug-likeness (QED) is 0.248. The first-order valence-electron chi connectivity index (χ1n) is 10.9. The standard InChI is InChI=1S/C21H27N9O3/c1(4-28-13-22-23-14-28)7-31-19-10-20(32-8-2-5-29-15-24-25-16-29)12-21(11-19)33-9-3-6-30-17-26-27-18-30/h10-18H,1-9H2. The van der Waals surface area contributed by atoms with E-state index >= 15 is 0 Å². The SMILES string of the molecule is c1c(OCCCn2cnnc2)cc(OCCCn2cnnc2)cc1OCCCn1cnnc1. The first-order valence-corrected chi connectivity index (χ1v) is 10.9. The van der Waals surface area contributed by atoms with Gasteiger partial charge in [0, 0.05) is 37.8 Å². The number of rotatable bonds is 15. The lowest BCUT2D eigenvalue weighted by molar-refractivity contribution is 0.273. The zero-order valence-corrected chi connectivity index (χ0v) is 18.3. The van der Waals surface area contributed by atoms with Gasteiger partial charge < -0.3 is 27.9 Å². The van der Waals surface area contributed by atoms with E-state index in [1.54, 1.807) is 38.0 Å². The van der Waals surface area contributed by atoms with Crippen molar-refractivity contribution in [1.29, 1.82) is 0 Å². The van der Waals surface area contributed by atoms with Crippen molar-refractivity contribution in [3.05, 3.63) is 56.2 Å². The van der Waals surface area contributed by atoms with Gasteiger partial charge in [0.15, 0.2) is 0 Å². The number of nitrogens with zero attached hydrogens (tertiary/aromatic N) is 9. The molecular weight excluding hydrogens is 426 g/mol. The summed E-state index contributed by atoms with van der Waals surface area (Å²) in [7, 11) is 0. The fourth-order valence-electron chi connectivity index (χ4n) is 3.12. The van der Waals surface area contributed by atoms with Gasteiger partial charge in [-0.2, -0.15) is 0 Å². The lowest BCUT2D eigenvalue weighted by atomic mass is 10.3. The molecule has 0 aliphatic heterocycles. The second-order valence-electron chi connectivity index (χ2n) is 7.35. The Labute approximate surface area is 191 Å². The highest BCUT2D eigenvalue weighted by Crippen LogP contribution is 2.28. The first kappa shape index (κ1) is 22.2. The molecule has 0 fully saturated rings. The van der Waals surface area contributed by atoms with Gasteiger partial charge in [0.05, 0.1) is 19.8 Å². The van der Waals surface area contributed by atoms with Crippen LogP contribution in [-0.4, -0.2) is 64.1 Å². The third kappa shape index (κ3) is 7.59. The monoisotopic (exact) mass is 453 g/mol. The van der Waals surface area contributed by atoms with Crippen molar-refractivity contribution in [2.75, 3.05) is 19.8 Å². The van der Waals surface area contributed by atoms with Gasteiger partial charge in [0.2, 0.25) is 0 Å². The number of benzene rings is 1. The average molecular weight is 454 g/mol. The Hall–Kier alpha value is -3.96. The van der Waals surface area contributed by atoms with E-state index in [0.29, 0.717) is 37.1 Å². The molecular formula is C21H27N9O3. The molecule has 12 nitrogen and oxygen atoms in total. The van der Waals surface area contributed by atoms with Crippen LogP contribution in [-0.2, 0) is 19.6 Å². The minimum Gasteiger partial charge on any atom is -0.493 e. The zero-order valence-electron chi connectivity index (χ0n) is 18.3. The third-order valence-corrected chi connectivity index (χ3v) is 4.74. The molecule has 4 rings (SSSR count). The number of aromatic nitrogens is 9. The zero-order chi connectivity index (χ0) is 22.6. The van der Waals surface area contributed by atoms with Crippen LogP contribution in [0.5, 0.6) is 17.2 Å². The van der Waals surface area contributed by atoms with Crippen molar-refractivity contribution < 1.29 is 14.2 Å². The largest absolute Gasteiger partial charge is 0.493 e. The van der Waals surface area contributed by atoms with Crippen LogP contribution in [0.4, 0.5) is 0 Å². The molecule has 3 aromatic heterocycles. The number of hydrogen-bond donors (Lipinski definition) is 0. The van der Waals surface area contributed by atoms with E-state index in [4.69, 9.17) is 14.2 Å². The van der Waals surface area contributed by atoms with E-state index < -0.39 is 0 Å². The van der Waals surface area contributed by atoms with E-state index in [1.165, 1.54) is 0 Å². The maximum absolute atomic E-state index is 5.96. The van der Waals surface area contributed by atoms with Crippen LogP contribution in [0.25, 0.3) is 0 Å². The predicted octanol–water partition coefficient (Wildman–Crippen LogP) is 1.87. The van der Waals surface area contributed by atoms with Crippen LogP contribution >= 0.6 is 0 Å². The topological polar surface area (TPSA) is 120 Å². The van der Waals surface area contributed by atoms with Crippen molar-refractivity contribution in [2.24, 2.45) is 0 Å². The predicted molar refractivity (Wildman–Crippen MR) is 117 cm³/mol. The van der Waals surface area contributed by atoms with E-state index in [1.807, 2.05) is 31.9 Å². The molecule has 0 N–H and O–H groups in total. The molecule has 0 aliphatic rings. The van der Waals surface area contributed by atoms with E-state index in [-0.39, 0.29) is 0 Å². The molecule has 33 heavy (non-hydrogen) atoms. The van der Waals surface area contributed by atoms with Crippen molar-refractivity contribution in [3.8, 4) is 17.2 Å². The molecule has 0 saturated carbocycles. The van der Waals surface area contributed by atoms with Crippen LogP contribution in [0.3, 0.4) is 0 Å². The van der Waals surface area contributed by atoms with Gasteiger partial charge >= 0.3 is 0 Å². The van der Waals surface area contributed by atoms with Crippen LogP contribution in [0.1, 0.15) is 19.3 Å². The lowest BCUT2D eigenvalue weighted by Gasteiger charge is -2.13. The molecule has 12 heteroatoms. The van der Waals surface area contributed by atoms with Gasteiger partial charge in [-0.25, -0.2) is 0 Å². The van der Waals surface area contributed by atoms with Gasteiger partial charge in [0.25, 0.3) is 0 Å². The van der Waals surface area contributed by atoms with Gasteiger partial charge in [0.1, 0.15) is 55.2 Å². The van der Waals surface area contributed by atoms with Gasteiger partial charge in [-0.15, -0.1) is 30.6 Å². The summed E-state index contributed by atoms with van der Waals surface area (Å²) < 4.78 is 23.6. The fourth-order valence-corrected chi connectivity index (χ4v) is 3.12. The average Bonchev–Trinajstić information content (AvgIpc) is 3.61. The molecule has 0 amide bonds. The summed E-state index contributed by atoms with van der Waals surface area (Å²) in [6, 6.07) is 5.67. The Bertz CT molecular complexity index is 891. The highest BCUT2D eigenvalue weighted by atomic mass is 16.5. The normalized spacial score (nSPS) is 10.9. The Morgan fingerprint density at radius 3 is 1.00 bits per heavy atom. The molecule has 3 heterocycles. The summed E-state index contributed by atoms with van der Waals surface area (Å²) in [5.74, 6) is 2.14. The van der Waals surface area contributed by atoms with E-state index in [9.17, 15) is 0 Å². The minimum atomic E-state index is 0.558.